The Morgan fingerprint density at radius 3 is 2.73 bits per heavy atom. The van der Waals surface area contributed by atoms with Crippen molar-refractivity contribution in [3.8, 4) is 0 Å². The van der Waals surface area contributed by atoms with Crippen LogP contribution in [0.4, 0.5) is 0 Å². The Hall–Kier alpha value is -0.900. The SMILES string of the molecule is CCNCCC(C)(C)Cc1cn(C)nn1. The molecule has 4 heteroatoms. The van der Waals surface area contributed by atoms with Gasteiger partial charge in [0, 0.05) is 13.2 Å². The van der Waals surface area contributed by atoms with Gasteiger partial charge in [-0.1, -0.05) is 26.0 Å². The van der Waals surface area contributed by atoms with E-state index >= 15 is 0 Å². The molecule has 0 aliphatic rings. The highest BCUT2D eigenvalue weighted by molar-refractivity contribution is 4.96. The Labute approximate surface area is 92.1 Å². The van der Waals surface area contributed by atoms with Gasteiger partial charge >= 0.3 is 0 Å². The Kier molecular flexibility index (Phi) is 4.27. The zero-order chi connectivity index (χ0) is 11.3. The predicted octanol–water partition coefficient (Wildman–Crippen LogP) is 1.38. The van der Waals surface area contributed by atoms with Crippen molar-refractivity contribution in [3.05, 3.63) is 11.9 Å². The molecule has 1 aromatic rings. The molecule has 0 fully saturated rings. The summed E-state index contributed by atoms with van der Waals surface area (Å²) in [5.41, 5.74) is 1.37. The van der Waals surface area contributed by atoms with Gasteiger partial charge in [-0.05, 0) is 31.3 Å². The monoisotopic (exact) mass is 210 g/mol. The van der Waals surface area contributed by atoms with Gasteiger partial charge in [0.05, 0.1) is 5.69 Å². The highest BCUT2D eigenvalue weighted by Crippen LogP contribution is 2.24. The molecule has 86 valence electrons. The first kappa shape index (κ1) is 12.2. The van der Waals surface area contributed by atoms with E-state index < -0.39 is 0 Å². The molecule has 0 saturated heterocycles. The third-order valence-corrected chi connectivity index (χ3v) is 2.54. The van der Waals surface area contributed by atoms with Crippen LogP contribution in [0.3, 0.4) is 0 Å². The van der Waals surface area contributed by atoms with Crippen LogP contribution in [0.15, 0.2) is 6.20 Å². The lowest BCUT2D eigenvalue weighted by Gasteiger charge is -2.23. The lowest BCUT2D eigenvalue weighted by molar-refractivity contribution is 0.323. The minimum Gasteiger partial charge on any atom is -0.317 e. The van der Waals surface area contributed by atoms with Gasteiger partial charge in [0.1, 0.15) is 0 Å². The van der Waals surface area contributed by atoms with Crippen LogP contribution in [0.2, 0.25) is 0 Å². The molecule has 4 nitrogen and oxygen atoms in total. The van der Waals surface area contributed by atoms with Crippen molar-refractivity contribution >= 4 is 0 Å². The largest absolute Gasteiger partial charge is 0.317 e. The summed E-state index contributed by atoms with van der Waals surface area (Å²) in [4.78, 5) is 0. The van der Waals surface area contributed by atoms with Crippen LogP contribution in [0.1, 0.15) is 32.9 Å². The van der Waals surface area contributed by atoms with Crippen LogP contribution in [-0.4, -0.2) is 28.1 Å². The fourth-order valence-corrected chi connectivity index (χ4v) is 1.66. The number of nitrogens with one attached hydrogen (secondary N) is 1. The van der Waals surface area contributed by atoms with Crippen molar-refractivity contribution in [3.63, 3.8) is 0 Å². The fraction of sp³-hybridized carbons (Fsp3) is 0.818. The summed E-state index contributed by atoms with van der Waals surface area (Å²) >= 11 is 0. The summed E-state index contributed by atoms with van der Waals surface area (Å²) in [5, 5.41) is 11.4. The topological polar surface area (TPSA) is 42.7 Å². The maximum atomic E-state index is 4.12. The average Bonchev–Trinajstić information content (AvgIpc) is 2.50. The van der Waals surface area contributed by atoms with Crippen molar-refractivity contribution in [2.75, 3.05) is 13.1 Å². The van der Waals surface area contributed by atoms with E-state index in [9.17, 15) is 0 Å². The van der Waals surface area contributed by atoms with Crippen LogP contribution < -0.4 is 5.32 Å². The molecule has 1 N–H and O–H groups in total. The molecule has 0 spiro atoms. The summed E-state index contributed by atoms with van der Waals surface area (Å²) < 4.78 is 1.76. The molecule has 15 heavy (non-hydrogen) atoms. The van der Waals surface area contributed by atoms with Crippen LogP contribution in [0, 0.1) is 5.41 Å². The summed E-state index contributed by atoms with van der Waals surface area (Å²) in [6.07, 6.45) is 4.15. The van der Waals surface area contributed by atoms with Gasteiger partial charge in [-0.25, -0.2) is 0 Å². The van der Waals surface area contributed by atoms with Crippen molar-refractivity contribution in [2.45, 2.75) is 33.6 Å². The van der Waals surface area contributed by atoms with Gasteiger partial charge < -0.3 is 5.32 Å². The van der Waals surface area contributed by atoms with Gasteiger partial charge in [-0.15, -0.1) is 5.10 Å². The minimum atomic E-state index is 0.290. The smallest absolute Gasteiger partial charge is 0.0832 e. The van der Waals surface area contributed by atoms with Crippen LogP contribution in [-0.2, 0) is 13.5 Å². The second-order valence-corrected chi connectivity index (χ2v) is 4.83. The van der Waals surface area contributed by atoms with E-state index in [2.05, 4.69) is 36.4 Å². The Morgan fingerprint density at radius 2 is 2.20 bits per heavy atom. The summed E-state index contributed by atoms with van der Waals surface area (Å²) in [5.74, 6) is 0. The first-order chi connectivity index (χ1) is 7.03. The zero-order valence-electron chi connectivity index (χ0n) is 10.2. The molecule has 1 heterocycles. The van der Waals surface area contributed by atoms with Gasteiger partial charge in [-0.2, -0.15) is 0 Å². The molecule has 0 amide bonds. The molecule has 0 atom stereocenters. The molecular weight excluding hydrogens is 188 g/mol. The molecule has 0 saturated carbocycles. The molecule has 0 bridgehead atoms. The Bertz CT molecular complexity index is 291. The standard InChI is InChI=1S/C11H22N4/c1-5-12-7-6-11(2,3)8-10-9-15(4)14-13-10/h9,12H,5-8H2,1-4H3. The zero-order valence-corrected chi connectivity index (χ0v) is 10.2. The van der Waals surface area contributed by atoms with E-state index in [0.29, 0.717) is 0 Å². The van der Waals surface area contributed by atoms with E-state index in [1.54, 1.807) is 4.68 Å². The van der Waals surface area contributed by atoms with Crippen molar-refractivity contribution in [2.24, 2.45) is 12.5 Å². The third kappa shape index (κ3) is 4.42. The predicted molar refractivity (Wildman–Crippen MR) is 61.6 cm³/mol. The van der Waals surface area contributed by atoms with E-state index in [-0.39, 0.29) is 5.41 Å². The first-order valence-corrected chi connectivity index (χ1v) is 5.59. The van der Waals surface area contributed by atoms with Gasteiger partial charge in [0.2, 0.25) is 0 Å². The molecular formula is C11H22N4. The van der Waals surface area contributed by atoms with E-state index in [0.717, 1.165) is 31.6 Å². The maximum Gasteiger partial charge on any atom is 0.0832 e. The van der Waals surface area contributed by atoms with Crippen molar-refractivity contribution in [1.29, 1.82) is 0 Å². The van der Waals surface area contributed by atoms with E-state index in [4.69, 9.17) is 0 Å². The highest BCUT2D eigenvalue weighted by Gasteiger charge is 2.19. The second kappa shape index (κ2) is 5.26. The van der Waals surface area contributed by atoms with E-state index in [1.807, 2.05) is 13.2 Å². The number of aromatic nitrogens is 3. The fourth-order valence-electron chi connectivity index (χ4n) is 1.66. The third-order valence-electron chi connectivity index (χ3n) is 2.54. The van der Waals surface area contributed by atoms with Gasteiger partial charge in [0.15, 0.2) is 0 Å². The van der Waals surface area contributed by atoms with Gasteiger partial charge in [-0.3, -0.25) is 4.68 Å². The normalized spacial score (nSPS) is 12.0. The number of rotatable bonds is 6. The average molecular weight is 210 g/mol. The number of nitrogens with zero attached hydrogens (tertiary/aromatic N) is 3. The molecule has 0 aliphatic heterocycles. The molecule has 1 aromatic heterocycles. The molecule has 0 aliphatic carbocycles. The lowest BCUT2D eigenvalue weighted by Crippen LogP contribution is -2.24. The summed E-state index contributed by atoms with van der Waals surface area (Å²) in [6, 6.07) is 0. The summed E-state index contributed by atoms with van der Waals surface area (Å²) in [6.45, 7) is 8.80. The first-order valence-electron chi connectivity index (χ1n) is 5.59. The van der Waals surface area contributed by atoms with E-state index in [1.165, 1.54) is 0 Å². The number of aryl methyl sites for hydroxylation is 1. The molecule has 0 radical (unpaired) electrons. The quantitative estimate of drug-likeness (QED) is 0.721. The lowest BCUT2D eigenvalue weighted by atomic mass is 9.84. The van der Waals surface area contributed by atoms with Crippen LogP contribution >= 0.6 is 0 Å². The number of hydrogen-bond acceptors (Lipinski definition) is 3. The van der Waals surface area contributed by atoms with Crippen molar-refractivity contribution < 1.29 is 0 Å². The Morgan fingerprint density at radius 1 is 1.47 bits per heavy atom. The Balaban J connectivity index is 2.41. The number of hydrogen-bond donors (Lipinski definition) is 1. The summed E-state index contributed by atoms with van der Waals surface area (Å²) in [7, 11) is 1.90. The molecule has 0 aromatic carbocycles. The molecule has 1 rings (SSSR count). The van der Waals surface area contributed by atoms with Crippen LogP contribution in [0.25, 0.3) is 0 Å². The van der Waals surface area contributed by atoms with Crippen LogP contribution in [0.5, 0.6) is 0 Å². The highest BCUT2D eigenvalue weighted by atomic mass is 15.4. The second-order valence-electron chi connectivity index (χ2n) is 4.83. The molecule has 0 unspecified atom stereocenters. The van der Waals surface area contributed by atoms with Crippen molar-refractivity contribution in [1.82, 2.24) is 20.3 Å². The maximum absolute atomic E-state index is 4.12. The minimum absolute atomic E-state index is 0.290. The van der Waals surface area contributed by atoms with Gasteiger partial charge in [0.25, 0.3) is 0 Å².